The summed E-state index contributed by atoms with van der Waals surface area (Å²) in [6, 6.07) is 10.3. The molecule has 1 atom stereocenters. The van der Waals surface area contributed by atoms with Crippen LogP contribution in [0.2, 0.25) is 0 Å². The summed E-state index contributed by atoms with van der Waals surface area (Å²) < 4.78 is 40.1. The Bertz CT molecular complexity index is 2120. The molecule has 1 unspecified atom stereocenters. The number of hydrogen-bond donors (Lipinski definition) is 4. The molecule has 0 aliphatic carbocycles. The topological polar surface area (TPSA) is 172 Å². The molecule has 6 rings (SSSR count). The number of aromatic nitrogens is 6. The van der Waals surface area contributed by atoms with Crippen molar-refractivity contribution >= 4 is 37.9 Å². The van der Waals surface area contributed by atoms with E-state index in [9.17, 15) is 17.6 Å². The monoisotopic (exact) mass is 598 g/mol. The van der Waals surface area contributed by atoms with Crippen LogP contribution in [0, 0.1) is 11.7 Å². The average molecular weight is 599 g/mol. The van der Waals surface area contributed by atoms with Crippen molar-refractivity contribution in [2.75, 3.05) is 6.26 Å². The van der Waals surface area contributed by atoms with Gasteiger partial charge in [0, 0.05) is 64.7 Å². The van der Waals surface area contributed by atoms with Crippen LogP contribution in [0.5, 0.6) is 0 Å². The van der Waals surface area contributed by atoms with Crippen LogP contribution in [0.15, 0.2) is 67.4 Å². The number of rotatable bonds is 9. The van der Waals surface area contributed by atoms with Gasteiger partial charge in [-0.1, -0.05) is 6.92 Å². The molecular formula is C30H27FN8O3S. The maximum Gasteiger partial charge on any atom is 0.220 e. The first-order valence-corrected chi connectivity index (χ1v) is 15.2. The molecule has 0 aliphatic rings. The number of aromatic amines is 2. The highest BCUT2D eigenvalue weighted by Crippen LogP contribution is 2.35. The van der Waals surface area contributed by atoms with Gasteiger partial charge in [-0.3, -0.25) is 19.9 Å². The van der Waals surface area contributed by atoms with Crippen molar-refractivity contribution in [3.63, 3.8) is 0 Å². The first-order chi connectivity index (χ1) is 20.5. The number of carbonyl (C=O) groups is 1. The Kier molecular flexibility index (Phi) is 7.20. The van der Waals surface area contributed by atoms with Crippen molar-refractivity contribution in [1.82, 2.24) is 34.9 Å². The number of nitrogens with one attached hydrogen (secondary N) is 3. The number of sulfonamides is 1. The van der Waals surface area contributed by atoms with Gasteiger partial charge in [0.2, 0.25) is 15.9 Å². The first kappa shape index (κ1) is 28.1. The zero-order valence-corrected chi connectivity index (χ0v) is 24.0. The highest BCUT2D eigenvalue weighted by Gasteiger charge is 2.17. The summed E-state index contributed by atoms with van der Waals surface area (Å²) in [6.07, 6.45) is 10.0. The van der Waals surface area contributed by atoms with Crippen molar-refractivity contribution in [2.45, 2.75) is 19.9 Å². The van der Waals surface area contributed by atoms with Gasteiger partial charge in [0.1, 0.15) is 11.5 Å². The van der Waals surface area contributed by atoms with E-state index in [4.69, 9.17) is 5.73 Å². The number of fused-ring (bicyclic) bond motifs is 2. The van der Waals surface area contributed by atoms with Crippen molar-refractivity contribution in [3.8, 4) is 33.6 Å². The van der Waals surface area contributed by atoms with E-state index < -0.39 is 15.8 Å². The van der Waals surface area contributed by atoms with E-state index in [0.717, 1.165) is 33.7 Å². The number of halogens is 1. The second kappa shape index (κ2) is 11.0. The smallest absolute Gasteiger partial charge is 0.220 e. The van der Waals surface area contributed by atoms with Crippen molar-refractivity contribution < 1.29 is 17.6 Å². The van der Waals surface area contributed by atoms with Crippen LogP contribution in [-0.4, -0.2) is 50.7 Å². The number of hydrogen-bond acceptors (Lipinski definition) is 7. The van der Waals surface area contributed by atoms with Gasteiger partial charge in [0.05, 0.1) is 23.7 Å². The third-order valence-corrected chi connectivity index (χ3v) is 7.85. The van der Waals surface area contributed by atoms with E-state index in [0.29, 0.717) is 45.7 Å². The quantitative estimate of drug-likeness (QED) is 0.194. The van der Waals surface area contributed by atoms with Gasteiger partial charge in [-0.15, -0.1) is 0 Å². The lowest BCUT2D eigenvalue weighted by atomic mass is 9.99. The van der Waals surface area contributed by atoms with E-state index in [1.165, 1.54) is 12.1 Å². The number of amides is 1. The van der Waals surface area contributed by atoms with Crippen molar-refractivity contribution in [1.29, 1.82) is 0 Å². The highest BCUT2D eigenvalue weighted by atomic mass is 32.2. The standard InChI is InChI=1S/C30H27FN8O3S/c1-16(29(32)40)3-17-5-20(12-33-10-17)21-8-24-28(38-39-30(24)35-13-21)26-9-23-25(14-34-15-27(23)37-26)19-4-18(6-22(31)7-19)11-36-43(2,41)42/h4-10,12-16,36-37H,3,11H2,1-2H3,(H2,32,40)(H,35,38,39). The number of benzene rings is 1. The fourth-order valence-corrected chi connectivity index (χ4v) is 5.44. The molecule has 0 aliphatic heterocycles. The SMILES string of the molecule is CC(Cc1cncc(-c2cnc3[nH]nc(-c4cc5c(-c6cc(F)cc(CNS(C)(=O)=O)c6)cncc5[nH]4)c3c2)c1)C(N)=O. The zero-order valence-electron chi connectivity index (χ0n) is 23.2. The Hall–Kier alpha value is -5.01. The number of carbonyl (C=O) groups excluding carboxylic acids is 1. The Morgan fingerprint density at radius 1 is 0.953 bits per heavy atom. The summed E-state index contributed by atoms with van der Waals surface area (Å²) >= 11 is 0. The number of pyridine rings is 3. The van der Waals surface area contributed by atoms with Crippen LogP contribution in [0.4, 0.5) is 4.39 Å². The molecular weight excluding hydrogens is 571 g/mol. The van der Waals surface area contributed by atoms with E-state index >= 15 is 0 Å². The summed E-state index contributed by atoms with van der Waals surface area (Å²) in [5.74, 6) is -1.17. The Balaban J connectivity index is 1.38. The zero-order chi connectivity index (χ0) is 30.3. The fraction of sp³-hybridized carbons (Fsp3) is 0.167. The number of H-pyrrole nitrogens is 2. The third kappa shape index (κ3) is 5.98. The molecule has 0 fully saturated rings. The molecule has 0 saturated heterocycles. The minimum absolute atomic E-state index is 0.0391. The molecule has 13 heteroatoms. The predicted molar refractivity (Wildman–Crippen MR) is 161 cm³/mol. The average Bonchev–Trinajstić information content (AvgIpc) is 3.59. The normalized spacial score (nSPS) is 12.6. The summed E-state index contributed by atoms with van der Waals surface area (Å²) in [5.41, 5.74) is 12.3. The molecule has 1 amide bonds. The van der Waals surface area contributed by atoms with Crippen molar-refractivity contribution in [2.24, 2.45) is 11.7 Å². The minimum Gasteiger partial charge on any atom is -0.369 e. The lowest BCUT2D eigenvalue weighted by Gasteiger charge is -2.08. The second-order valence-electron chi connectivity index (χ2n) is 10.6. The third-order valence-electron chi connectivity index (χ3n) is 7.18. The molecule has 5 N–H and O–H groups in total. The van der Waals surface area contributed by atoms with Gasteiger partial charge >= 0.3 is 0 Å². The first-order valence-electron chi connectivity index (χ1n) is 13.3. The molecule has 5 aromatic heterocycles. The molecule has 11 nitrogen and oxygen atoms in total. The van der Waals surface area contributed by atoms with Crippen LogP contribution in [0.25, 0.3) is 55.6 Å². The molecule has 6 aromatic rings. The van der Waals surface area contributed by atoms with E-state index in [2.05, 4.69) is 34.9 Å². The highest BCUT2D eigenvalue weighted by molar-refractivity contribution is 7.88. The lowest BCUT2D eigenvalue weighted by molar-refractivity contribution is -0.121. The van der Waals surface area contributed by atoms with Crippen LogP contribution < -0.4 is 10.5 Å². The van der Waals surface area contributed by atoms with Crippen LogP contribution in [0.3, 0.4) is 0 Å². The van der Waals surface area contributed by atoms with Gasteiger partial charge in [0.25, 0.3) is 0 Å². The van der Waals surface area contributed by atoms with E-state index in [1.807, 2.05) is 18.2 Å². The van der Waals surface area contributed by atoms with Crippen LogP contribution in [0.1, 0.15) is 18.1 Å². The molecule has 0 saturated carbocycles. The molecule has 218 valence electrons. The molecule has 5 heterocycles. The lowest BCUT2D eigenvalue weighted by Crippen LogP contribution is -2.22. The minimum atomic E-state index is -3.44. The number of primary amides is 1. The summed E-state index contributed by atoms with van der Waals surface area (Å²) in [6.45, 7) is 1.74. The van der Waals surface area contributed by atoms with E-state index in [1.54, 1.807) is 44.0 Å². The van der Waals surface area contributed by atoms with Gasteiger partial charge in [0.15, 0.2) is 5.65 Å². The maximum atomic E-state index is 14.6. The Morgan fingerprint density at radius 3 is 2.51 bits per heavy atom. The number of nitrogens with two attached hydrogens (primary N) is 1. The second-order valence-corrected chi connectivity index (χ2v) is 12.4. The van der Waals surface area contributed by atoms with Crippen LogP contribution >= 0.6 is 0 Å². The summed E-state index contributed by atoms with van der Waals surface area (Å²) in [7, 11) is -3.44. The largest absolute Gasteiger partial charge is 0.369 e. The molecule has 0 spiro atoms. The maximum absolute atomic E-state index is 14.6. The van der Waals surface area contributed by atoms with E-state index in [-0.39, 0.29) is 18.4 Å². The van der Waals surface area contributed by atoms with Crippen molar-refractivity contribution in [3.05, 3.63) is 84.3 Å². The fourth-order valence-electron chi connectivity index (χ4n) is 5.01. The Labute approximate surface area is 245 Å². The summed E-state index contributed by atoms with van der Waals surface area (Å²) in [5, 5.41) is 9.06. The van der Waals surface area contributed by atoms with Gasteiger partial charge in [-0.05, 0) is 59.5 Å². The summed E-state index contributed by atoms with van der Waals surface area (Å²) in [4.78, 5) is 28.1. The molecule has 43 heavy (non-hydrogen) atoms. The number of nitrogens with zero attached hydrogens (tertiary/aromatic N) is 4. The Morgan fingerprint density at radius 2 is 1.72 bits per heavy atom. The molecule has 0 bridgehead atoms. The van der Waals surface area contributed by atoms with Crippen LogP contribution in [-0.2, 0) is 27.8 Å². The van der Waals surface area contributed by atoms with Gasteiger partial charge in [-0.2, -0.15) is 5.10 Å². The molecule has 1 aromatic carbocycles. The molecule has 0 radical (unpaired) electrons. The predicted octanol–water partition coefficient (Wildman–Crippen LogP) is 4.08. The van der Waals surface area contributed by atoms with Gasteiger partial charge in [-0.25, -0.2) is 22.5 Å². The van der Waals surface area contributed by atoms with Gasteiger partial charge < -0.3 is 10.7 Å².